The van der Waals surface area contributed by atoms with Gasteiger partial charge in [-0.1, -0.05) is 85.7 Å². The van der Waals surface area contributed by atoms with Crippen LogP contribution in [0, 0.1) is 64.5 Å². The molecule has 720 valence electrons. The van der Waals surface area contributed by atoms with E-state index in [-0.39, 0.29) is 118 Å². The fraction of sp³-hybridized carbons (Fsp3) is 0.250. The minimum atomic E-state index is -0.989. The monoisotopic (exact) mass is 1940 g/mol. The Balaban J connectivity index is 0.000000350. The van der Waals surface area contributed by atoms with Gasteiger partial charge in [-0.25, -0.2) is 48.2 Å². The number of aromatic nitrogens is 18. The largest absolute Gasteiger partial charge is 1.00 e. The van der Waals surface area contributed by atoms with E-state index in [9.17, 15) is 33.9 Å². The predicted molar refractivity (Wildman–Crippen MR) is 529 cm³/mol. The number of carbonyl (C=O) groups excluding carboxylic acids is 5. The molecule has 0 fully saturated rings. The molecule has 10 heterocycles. The number of nitrogens with one attached hydrogen (secondary N) is 1. The molecule has 37 nitrogen and oxygen atoms in total. The number of anilines is 2. The number of halogens is 1. The first-order valence-electron chi connectivity index (χ1n) is 42.8. The van der Waals surface area contributed by atoms with Crippen LogP contribution in [-0.4, -0.2) is 157 Å². The van der Waals surface area contributed by atoms with E-state index in [0.717, 1.165) is 141 Å². The van der Waals surface area contributed by atoms with Crippen molar-refractivity contribution < 1.29 is 113 Å². The minimum absolute atomic E-state index is 0. The number of nitrogens with two attached hydrogens (primary N) is 4. The number of primary amides is 1. The summed E-state index contributed by atoms with van der Waals surface area (Å²) in [4.78, 5) is 129. The summed E-state index contributed by atoms with van der Waals surface area (Å²) in [5.41, 5.74) is 40.5. The zero-order valence-corrected chi connectivity index (χ0v) is 86.7. The average molecular weight is 1940 g/mol. The van der Waals surface area contributed by atoms with E-state index in [2.05, 4.69) is 99.1 Å². The molecule has 140 heavy (non-hydrogen) atoms. The Morgan fingerprint density at radius 1 is 0.414 bits per heavy atom. The number of carboxylic acid groups (broad SMARTS) is 1. The summed E-state index contributed by atoms with van der Waals surface area (Å²) < 4.78 is 19.5. The normalized spacial score (nSPS) is 10.1. The molecule has 0 aliphatic heterocycles. The third kappa shape index (κ3) is 35.6. The van der Waals surface area contributed by atoms with Crippen LogP contribution in [0.4, 0.5) is 11.4 Å². The number of esters is 3. The molecule has 0 atom stereocenters. The van der Waals surface area contributed by atoms with Crippen LogP contribution in [0.15, 0.2) is 232 Å². The molecule has 15 aromatic rings. The van der Waals surface area contributed by atoms with Crippen molar-refractivity contribution in [2.45, 2.75) is 141 Å². The second-order valence-electron chi connectivity index (χ2n) is 32.1. The van der Waals surface area contributed by atoms with Crippen molar-refractivity contribution in [3.05, 3.63) is 332 Å². The number of methoxy groups -OCH3 is 3. The molecule has 11 N–H and O–H groups in total. The molecule has 0 saturated carbocycles. The molecule has 0 unspecified atom stereocenters. The topological polar surface area (TPSA) is 557 Å². The first kappa shape index (κ1) is 118. The molecule has 0 radical (unpaired) electrons. The van der Waals surface area contributed by atoms with Crippen molar-refractivity contribution in [1.82, 2.24) is 89.1 Å². The van der Waals surface area contributed by atoms with E-state index < -0.39 is 23.9 Å². The maximum atomic E-state index is 13.1. The summed E-state index contributed by atoms with van der Waals surface area (Å²) in [6.45, 7) is 29.9. The van der Waals surface area contributed by atoms with Gasteiger partial charge in [0, 0.05) is 137 Å². The van der Waals surface area contributed by atoms with Gasteiger partial charge in [0.1, 0.15) is 36.5 Å². The molecule has 0 saturated heterocycles. The number of benzene rings is 5. The number of ketones is 1. The Labute approximate surface area is 862 Å². The molecule has 15 rings (SSSR count). The number of ether oxygens (including phenoxy) is 3. The van der Waals surface area contributed by atoms with Crippen molar-refractivity contribution in [3.63, 3.8) is 0 Å². The average Bonchev–Trinajstić information content (AvgIpc) is 1.69. The van der Waals surface area contributed by atoms with Crippen LogP contribution in [0.3, 0.4) is 0 Å². The molecule has 0 spiro atoms. The van der Waals surface area contributed by atoms with Gasteiger partial charge in [-0.15, -0.1) is 17.7 Å². The molecular formula is C100H113ClN24Na2O13. The molecule has 40 heteroatoms. The SMILES string of the molecule is CC(C)C(N)=O.COC(=O)c1cc(-c2ccc(C)cn2)cc(-n2ncnc2C(C)C)c1.COC(=O)c1cc(N)cc(-c2ccc(C)cn2)c1.COC(=O)c1cc(NN)cc(-c2ccc(C)cn2)c1.Cc1ccc(-c2cc(C(=O)CCc3cnc(C)cn3)cc(-n3ncnc3C(C)C)c2)nc1.Cc1ccc(-c2cc(C(=O)O)cc(-n3ncnc3C(C)C)c2)nc1.Cc1cnc(CN)cn1.Cl.O=N[O-].[Na+].[Na+].[OH-]. The zero-order valence-electron chi connectivity index (χ0n) is 81.9. The van der Waals surface area contributed by atoms with E-state index in [0.29, 0.717) is 58.7 Å². The van der Waals surface area contributed by atoms with Gasteiger partial charge in [0.2, 0.25) is 5.91 Å². The summed E-state index contributed by atoms with van der Waals surface area (Å²) in [7, 11) is 4.05. The van der Waals surface area contributed by atoms with Crippen molar-refractivity contribution in [3.8, 4) is 73.3 Å². The third-order valence-electron chi connectivity index (χ3n) is 19.7. The number of Topliss-reactive ketones (excluding diaryl/α,β-unsaturated/α-hetero) is 1. The Bertz CT molecular complexity index is 6520. The van der Waals surface area contributed by atoms with Gasteiger partial charge in [-0.2, -0.15) is 15.3 Å². The number of nitrogens with zero attached hydrogens (tertiary/aromatic N) is 19. The molecule has 0 aliphatic carbocycles. The minimum Gasteiger partial charge on any atom is -0.870 e. The number of hydrazine groups is 1. The predicted octanol–water partition coefficient (Wildman–Crippen LogP) is 11.1. The van der Waals surface area contributed by atoms with E-state index in [1.165, 1.54) is 34.0 Å². The standard InChI is InChI=1S/C25H26N6O.C19H20N4O2.C18H18N4O2.C14H15N3O2.C14H14N2O2.C6H9N3.C4H9NO.ClH.HNO2.2Na.H2O/c1-16(2)25-29-15-30-31(25)22-10-19(23-7-5-17(3)12-28-23)9-20(11-22)24(32)8-6-21-14-26-18(4)13-27-21;1-12(2)18-21-11-22-23(18)16-8-14(7-15(9-16)19(24)25-4)17-6-5-13(3)10-20-17;1-11(2)17-20-10-21-22(17)15-7-13(6-14(8-15)18(23)24)16-5-4-12(3)9-19-16;1-9-3-4-13(16-8-9)10-5-11(14(18)19-2)7-12(6-10)17-15;1-9-3-4-13(16-8-9)10-5-11(14(17)18-2)7-12(15)6-10;1-5-3-9-6(2-7)4-8-5;1-3(2)4(5)6;;2-1-3;;;/h5,7,9-16H,6,8H2,1-4H3;5-12H,1-4H3;4-11H,1-3H3,(H,23,24);3-8,17H,15H2,1-2H3;3-8H,15H2,1-2H3;3-4H,2,7H2,1H3;3H,1-2H3,(H2,5,6);1H;(H,2,3);;;1H2/q;;;;;;;;;2*+1;/p-2. The van der Waals surface area contributed by atoms with Gasteiger partial charge >= 0.3 is 83.0 Å². The number of amides is 1. The van der Waals surface area contributed by atoms with E-state index in [1.54, 1.807) is 138 Å². The number of rotatable bonds is 22. The number of hydrogen-bond acceptors (Lipinski definition) is 32. The van der Waals surface area contributed by atoms with Crippen LogP contribution < -0.4 is 87.6 Å². The smallest absolute Gasteiger partial charge is 0.870 e. The molecule has 0 aliphatic rings. The maximum absolute atomic E-state index is 13.1. The fourth-order valence-corrected chi connectivity index (χ4v) is 12.5. The quantitative estimate of drug-likeness (QED) is 0.00536. The van der Waals surface area contributed by atoms with Crippen molar-refractivity contribution in [2.75, 3.05) is 32.5 Å². The van der Waals surface area contributed by atoms with Gasteiger partial charge in [-0.3, -0.25) is 60.3 Å². The number of carbonyl (C=O) groups is 6. The van der Waals surface area contributed by atoms with E-state index in [1.807, 2.05) is 179 Å². The van der Waals surface area contributed by atoms with Crippen LogP contribution in [0.1, 0.15) is 199 Å². The van der Waals surface area contributed by atoms with Gasteiger partial charge in [0.15, 0.2) is 5.78 Å². The third-order valence-corrected chi connectivity index (χ3v) is 19.7. The number of nitrogen functional groups attached to an aromatic ring is 2. The van der Waals surface area contributed by atoms with Crippen molar-refractivity contribution in [2.24, 2.45) is 28.6 Å². The maximum Gasteiger partial charge on any atom is 1.00 e. The van der Waals surface area contributed by atoms with Gasteiger partial charge in [0.05, 0.1) is 112 Å². The molecule has 1 amide bonds. The summed E-state index contributed by atoms with van der Waals surface area (Å²) >= 11 is 0. The summed E-state index contributed by atoms with van der Waals surface area (Å²) in [5, 5.41) is 31.4. The Kier molecular flexibility index (Phi) is 49.2. The summed E-state index contributed by atoms with van der Waals surface area (Å²) in [5.74, 6) is 5.99. The summed E-state index contributed by atoms with van der Waals surface area (Å²) in [6.07, 6.45) is 21.2. The Morgan fingerprint density at radius 2 is 0.714 bits per heavy atom. The molecule has 0 bridgehead atoms. The van der Waals surface area contributed by atoms with Gasteiger partial charge in [-0.05, 0) is 204 Å². The van der Waals surface area contributed by atoms with E-state index in [4.69, 9.17) is 42.6 Å². The number of pyridine rings is 5. The van der Waals surface area contributed by atoms with Crippen molar-refractivity contribution >= 4 is 59.3 Å². The first-order chi connectivity index (χ1) is 65.0. The summed E-state index contributed by atoms with van der Waals surface area (Å²) in [6, 6.07) is 46.1. The van der Waals surface area contributed by atoms with Crippen LogP contribution in [-0.2, 0) is 32.0 Å². The van der Waals surface area contributed by atoms with Crippen LogP contribution in [0.5, 0.6) is 0 Å². The van der Waals surface area contributed by atoms with Crippen molar-refractivity contribution in [1.29, 1.82) is 0 Å². The van der Waals surface area contributed by atoms with Crippen LogP contribution >= 0.6 is 12.4 Å². The fourth-order valence-electron chi connectivity index (χ4n) is 12.5. The second-order valence-corrected chi connectivity index (χ2v) is 32.1. The molecular weight excluding hydrogens is 1830 g/mol. The van der Waals surface area contributed by atoms with Crippen LogP contribution in [0.2, 0.25) is 0 Å². The first-order valence-corrected chi connectivity index (χ1v) is 42.8. The Morgan fingerprint density at radius 3 is 1.01 bits per heavy atom. The number of aryl methyl sites for hydroxylation is 8. The van der Waals surface area contributed by atoms with Gasteiger partial charge in [0.25, 0.3) is 0 Å². The number of hydrogen-bond donors (Lipinski definition) is 6. The van der Waals surface area contributed by atoms with Gasteiger partial charge < -0.3 is 57.5 Å². The van der Waals surface area contributed by atoms with E-state index >= 15 is 0 Å². The Hall–Kier alpha value is -14.4. The zero-order chi connectivity index (χ0) is 99.4. The van der Waals surface area contributed by atoms with Crippen LogP contribution in [0.25, 0.3) is 73.3 Å². The number of carboxylic acids is 1. The second kappa shape index (κ2) is 58.4. The number of aromatic carboxylic acids is 1. The molecule has 10 aromatic heterocycles. The molecule has 5 aromatic carbocycles.